The van der Waals surface area contributed by atoms with Gasteiger partial charge >= 0.3 is 0 Å². The Morgan fingerprint density at radius 1 is 1.24 bits per heavy atom. The Balaban J connectivity index is 2.33. The minimum absolute atomic E-state index is 0.133. The van der Waals surface area contributed by atoms with Gasteiger partial charge in [-0.05, 0) is 24.6 Å². The maximum Gasteiger partial charge on any atom is 0.119 e. The van der Waals surface area contributed by atoms with Crippen molar-refractivity contribution in [3.8, 4) is 5.75 Å². The summed E-state index contributed by atoms with van der Waals surface area (Å²) < 4.78 is 15.8. The van der Waals surface area contributed by atoms with Gasteiger partial charge in [0, 0.05) is 6.61 Å². The molecule has 0 aliphatic heterocycles. The first-order valence-electron chi connectivity index (χ1n) is 5.83. The molecule has 0 aliphatic rings. The molecule has 17 heavy (non-hydrogen) atoms. The lowest BCUT2D eigenvalue weighted by atomic mass is 10.1. The maximum atomic E-state index is 6.01. The molecule has 1 atom stereocenters. The molecule has 0 bridgehead atoms. The zero-order valence-electron chi connectivity index (χ0n) is 10.5. The van der Waals surface area contributed by atoms with Crippen LogP contribution in [0.1, 0.15) is 18.5 Å². The molecule has 1 aromatic carbocycles. The molecule has 0 aliphatic carbocycles. The second-order valence-electron chi connectivity index (χ2n) is 3.65. The van der Waals surface area contributed by atoms with Gasteiger partial charge in [-0.15, -0.1) is 0 Å². The van der Waals surface area contributed by atoms with Crippen LogP contribution >= 0.6 is 0 Å². The van der Waals surface area contributed by atoms with E-state index in [-0.39, 0.29) is 6.04 Å². The van der Waals surface area contributed by atoms with Gasteiger partial charge < -0.3 is 19.9 Å². The third-order valence-electron chi connectivity index (χ3n) is 2.40. The molecular formula is C13H21NO3. The SMILES string of the molecule is CCOCCOCC(N)c1cccc(OC)c1. The van der Waals surface area contributed by atoms with E-state index in [1.54, 1.807) is 7.11 Å². The van der Waals surface area contributed by atoms with Crippen LogP contribution in [0.5, 0.6) is 5.75 Å². The molecule has 4 nitrogen and oxygen atoms in total. The molecule has 0 radical (unpaired) electrons. The van der Waals surface area contributed by atoms with Crippen LogP contribution in [0.4, 0.5) is 0 Å². The Labute approximate surface area is 103 Å². The first-order chi connectivity index (χ1) is 8.27. The summed E-state index contributed by atoms with van der Waals surface area (Å²) >= 11 is 0. The van der Waals surface area contributed by atoms with Crippen molar-refractivity contribution < 1.29 is 14.2 Å². The van der Waals surface area contributed by atoms with Crippen molar-refractivity contribution in [2.75, 3.05) is 33.5 Å². The summed E-state index contributed by atoms with van der Waals surface area (Å²) in [5, 5.41) is 0. The van der Waals surface area contributed by atoms with Crippen LogP contribution < -0.4 is 10.5 Å². The Morgan fingerprint density at radius 3 is 2.71 bits per heavy atom. The van der Waals surface area contributed by atoms with Crippen molar-refractivity contribution in [1.29, 1.82) is 0 Å². The van der Waals surface area contributed by atoms with Crippen molar-refractivity contribution in [1.82, 2.24) is 0 Å². The average molecular weight is 239 g/mol. The van der Waals surface area contributed by atoms with Gasteiger partial charge in [-0.3, -0.25) is 0 Å². The normalized spacial score (nSPS) is 12.4. The average Bonchev–Trinajstić information content (AvgIpc) is 2.38. The lowest BCUT2D eigenvalue weighted by Crippen LogP contribution is -2.18. The number of hydrogen-bond acceptors (Lipinski definition) is 4. The number of hydrogen-bond donors (Lipinski definition) is 1. The first kappa shape index (κ1) is 14.0. The number of rotatable bonds is 8. The van der Waals surface area contributed by atoms with Crippen LogP contribution in [0.15, 0.2) is 24.3 Å². The highest BCUT2D eigenvalue weighted by atomic mass is 16.5. The number of benzene rings is 1. The van der Waals surface area contributed by atoms with E-state index in [4.69, 9.17) is 19.9 Å². The van der Waals surface area contributed by atoms with Crippen LogP contribution in [0.3, 0.4) is 0 Å². The highest BCUT2D eigenvalue weighted by Crippen LogP contribution is 2.17. The summed E-state index contributed by atoms with van der Waals surface area (Å²) in [4.78, 5) is 0. The second kappa shape index (κ2) is 8.06. The van der Waals surface area contributed by atoms with Crippen molar-refractivity contribution in [3.05, 3.63) is 29.8 Å². The molecule has 0 amide bonds. The number of nitrogens with two attached hydrogens (primary N) is 1. The van der Waals surface area contributed by atoms with Crippen molar-refractivity contribution >= 4 is 0 Å². The topological polar surface area (TPSA) is 53.7 Å². The van der Waals surface area contributed by atoms with Crippen LogP contribution in [0, 0.1) is 0 Å². The summed E-state index contributed by atoms with van der Waals surface area (Å²) in [7, 11) is 1.64. The van der Waals surface area contributed by atoms with Gasteiger partial charge in [0.2, 0.25) is 0 Å². The lowest BCUT2D eigenvalue weighted by molar-refractivity contribution is 0.0472. The molecule has 1 unspecified atom stereocenters. The molecule has 0 saturated carbocycles. The molecular weight excluding hydrogens is 218 g/mol. The molecule has 0 heterocycles. The van der Waals surface area contributed by atoms with Gasteiger partial charge in [-0.1, -0.05) is 12.1 Å². The van der Waals surface area contributed by atoms with E-state index in [0.717, 1.165) is 11.3 Å². The molecule has 1 aromatic rings. The summed E-state index contributed by atoms with van der Waals surface area (Å²) in [5.74, 6) is 0.812. The molecule has 2 N–H and O–H groups in total. The summed E-state index contributed by atoms with van der Waals surface area (Å²) in [6.07, 6.45) is 0. The van der Waals surface area contributed by atoms with Gasteiger partial charge in [0.05, 0.1) is 33.0 Å². The molecule has 0 aromatic heterocycles. The van der Waals surface area contributed by atoms with E-state index in [1.165, 1.54) is 0 Å². The van der Waals surface area contributed by atoms with Crippen molar-refractivity contribution in [3.63, 3.8) is 0 Å². The number of methoxy groups -OCH3 is 1. The molecule has 1 rings (SSSR count). The quantitative estimate of drug-likeness (QED) is 0.702. The Kier molecular flexibility index (Phi) is 6.62. The van der Waals surface area contributed by atoms with Crippen LogP contribution in [0.25, 0.3) is 0 Å². The molecule has 96 valence electrons. The summed E-state index contributed by atoms with van der Waals surface area (Å²) in [6, 6.07) is 7.59. The largest absolute Gasteiger partial charge is 0.497 e. The molecule has 0 spiro atoms. The van der Waals surface area contributed by atoms with Gasteiger partial charge in [0.1, 0.15) is 5.75 Å². The first-order valence-corrected chi connectivity index (χ1v) is 5.83. The number of ether oxygens (including phenoxy) is 3. The van der Waals surface area contributed by atoms with Crippen molar-refractivity contribution in [2.45, 2.75) is 13.0 Å². The summed E-state index contributed by atoms with van der Waals surface area (Å²) in [6.45, 7) is 4.35. The van der Waals surface area contributed by atoms with Crippen LogP contribution in [-0.2, 0) is 9.47 Å². The molecule has 4 heteroatoms. The minimum Gasteiger partial charge on any atom is -0.497 e. The smallest absolute Gasteiger partial charge is 0.119 e. The highest BCUT2D eigenvalue weighted by Gasteiger charge is 2.06. The van der Waals surface area contributed by atoms with E-state index < -0.39 is 0 Å². The molecule has 0 fully saturated rings. The van der Waals surface area contributed by atoms with Crippen LogP contribution in [0.2, 0.25) is 0 Å². The lowest BCUT2D eigenvalue weighted by Gasteiger charge is -2.13. The van der Waals surface area contributed by atoms with E-state index >= 15 is 0 Å². The highest BCUT2D eigenvalue weighted by molar-refractivity contribution is 5.30. The summed E-state index contributed by atoms with van der Waals surface area (Å²) in [5.41, 5.74) is 7.03. The van der Waals surface area contributed by atoms with E-state index in [1.807, 2.05) is 31.2 Å². The zero-order chi connectivity index (χ0) is 12.5. The fourth-order valence-corrected chi connectivity index (χ4v) is 1.44. The van der Waals surface area contributed by atoms with Gasteiger partial charge in [0.25, 0.3) is 0 Å². The van der Waals surface area contributed by atoms with E-state index in [2.05, 4.69) is 0 Å². The third kappa shape index (κ3) is 5.17. The fourth-order valence-electron chi connectivity index (χ4n) is 1.44. The van der Waals surface area contributed by atoms with Gasteiger partial charge in [-0.25, -0.2) is 0 Å². The van der Waals surface area contributed by atoms with Gasteiger partial charge in [-0.2, -0.15) is 0 Å². The Hall–Kier alpha value is -1.10. The predicted molar refractivity (Wildman–Crippen MR) is 67.2 cm³/mol. The monoisotopic (exact) mass is 239 g/mol. The Morgan fingerprint density at radius 2 is 2.00 bits per heavy atom. The zero-order valence-corrected chi connectivity index (χ0v) is 10.5. The van der Waals surface area contributed by atoms with E-state index in [0.29, 0.717) is 26.4 Å². The maximum absolute atomic E-state index is 6.01. The standard InChI is InChI=1S/C13H21NO3/c1-3-16-7-8-17-10-13(14)11-5-4-6-12(9-11)15-2/h4-6,9,13H,3,7-8,10,14H2,1-2H3. The predicted octanol–water partition coefficient (Wildman–Crippen LogP) is 1.75. The van der Waals surface area contributed by atoms with Gasteiger partial charge in [0.15, 0.2) is 0 Å². The Bertz CT molecular complexity index is 317. The minimum atomic E-state index is -0.133. The van der Waals surface area contributed by atoms with Crippen LogP contribution in [-0.4, -0.2) is 33.5 Å². The third-order valence-corrected chi connectivity index (χ3v) is 2.40. The van der Waals surface area contributed by atoms with Crippen molar-refractivity contribution in [2.24, 2.45) is 5.73 Å². The molecule has 0 saturated heterocycles. The van der Waals surface area contributed by atoms with E-state index in [9.17, 15) is 0 Å². The second-order valence-corrected chi connectivity index (χ2v) is 3.65. The fraction of sp³-hybridized carbons (Fsp3) is 0.538.